The number of carbonyl (C=O) groups is 2. The monoisotopic (exact) mass is 190 g/mol. The Balaban J connectivity index is 2.75. The van der Waals surface area contributed by atoms with E-state index in [0.717, 1.165) is 0 Å². The van der Waals surface area contributed by atoms with Crippen molar-refractivity contribution in [1.82, 2.24) is 5.01 Å². The van der Waals surface area contributed by atoms with E-state index in [1.54, 1.807) is 0 Å². The lowest BCUT2D eigenvalue weighted by Crippen LogP contribution is -2.22. The summed E-state index contributed by atoms with van der Waals surface area (Å²) in [5, 5.41) is 6.59. The average molecular weight is 190 g/mol. The first-order valence-electron chi connectivity index (χ1n) is 2.66. The zero-order chi connectivity index (χ0) is 9.14. The second kappa shape index (κ2) is 3.17. The van der Waals surface area contributed by atoms with Crippen LogP contribution >= 0.6 is 0 Å². The molecule has 0 saturated heterocycles. The summed E-state index contributed by atoms with van der Waals surface area (Å²) in [6, 6.07) is -1.13. The minimum atomic E-state index is -2.83. The van der Waals surface area contributed by atoms with Gasteiger partial charge in [0.25, 0.3) is 5.91 Å². The Labute approximate surface area is 67.6 Å². The van der Waals surface area contributed by atoms with E-state index in [1.165, 1.54) is 0 Å². The van der Waals surface area contributed by atoms with Crippen LogP contribution in [0.1, 0.15) is 0 Å². The topological polar surface area (TPSA) is 109 Å². The smallest absolute Gasteiger partial charge is 0.269 e. The third-order valence-corrected chi connectivity index (χ3v) is 1.23. The van der Waals surface area contributed by atoms with Crippen LogP contribution in [0.4, 0.5) is 4.79 Å². The van der Waals surface area contributed by atoms with Crippen molar-refractivity contribution >= 4 is 22.4 Å². The van der Waals surface area contributed by atoms with Gasteiger partial charge in [0.05, 0.1) is 0 Å². The Kier molecular flexibility index (Phi) is 2.24. The fraction of sp³-hybridized carbons (Fsp3) is 0.333. The molecule has 0 aliphatic carbocycles. The summed E-state index contributed by atoms with van der Waals surface area (Å²) in [7, 11) is -2.83. The summed E-state index contributed by atoms with van der Waals surface area (Å²) in [4.78, 5) is 21.1. The van der Waals surface area contributed by atoms with Crippen molar-refractivity contribution in [2.75, 3.05) is 6.54 Å². The van der Waals surface area contributed by atoms with Crippen LogP contribution in [0.5, 0.6) is 0 Å². The average Bonchev–Trinajstić information content (AvgIpc) is 2.34. The summed E-state index contributed by atoms with van der Waals surface area (Å²) >= 11 is 0. The van der Waals surface area contributed by atoms with E-state index in [-0.39, 0.29) is 6.54 Å². The van der Waals surface area contributed by atoms with E-state index in [1.807, 2.05) is 0 Å². The standard InChI is InChI=1S/C3H2N4O4S/c8-2-1-7(6-4-2)3(9)5-12(10)11/h1H2. The van der Waals surface area contributed by atoms with E-state index in [0.29, 0.717) is 5.01 Å². The summed E-state index contributed by atoms with van der Waals surface area (Å²) in [5.41, 5.74) is 0. The molecule has 8 nitrogen and oxygen atoms in total. The number of hydrogen-bond acceptors (Lipinski definition) is 5. The Morgan fingerprint density at radius 2 is 2.25 bits per heavy atom. The van der Waals surface area contributed by atoms with Crippen molar-refractivity contribution in [2.45, 2.75) is 0 Å². The van der Waals surface area contributed by atoms with Crippen LogP contribution in [0.25, 0.3) is 0 Å². The molecule has 9 heteroatoms. The molecule has 0 atom stereocenters. The Morgan fingerprint density at radius 1 is 1.58 bits per heavy atom. The molecule has 1 heterocycles. The third kappa shape index (κ3) is 1.92. The van der Waals surface area contributed by atoms with Gasteiger partial charge < -0.3 is 0 Å². The van der Waals surface area contributed by atoms with Gasteiger partial charge in [-0.1, -0.05) is 14.7 Å². The molecule has 1 rings (SSSR count). The summed E-state index contributed by atoms with van der Waals surface area (Å²) in [6.45, 7) is -0.362. The normalized spacial score (nSPS) is 15.0. The highest BCUT2D eigenvalue weighted by Gasteiger charge is 2.22. The van der Waals surface area contributed by atoms with Crippen molar-refractivity contribution in [3.05, 3.63) is 0 Å². The first-order valence-corrected chi connectivity index (χ1v) is 3.70. The van der Waals surface area contributed by atoms with Gasteiger partial charge in [0.1, 0.15) is 6.54 Å². The second-order valence-electron chi connectivity index (χ2n) is 1.73. The quantitative estimate of drug-likeness (QED) is 0.506. The molecule has 1 aliphatic heterocycles. The van der Waals surface area contributed by atoms with E-state index in [9.17, 15) is 18.0 Å². The van der Waals surface area contributed by atoms with Gasteiger partial charge in [-0.15, -0.1) is 0 Å². The number of carbonyl (C=O) groups excluding carboxylic acids is 2. The highest BCUT2D eigenvalue weighted by Crippen LogP contribution is 2.03. The van der Waals surface area contributed by atoms with E-state index < -0.39 is 22.4 Å². The fourth-order valence-electron chi connectivity index (χ4n) is 0.512. The van der Waals surface area contributed by atoms with E-state index in [2.05, 4.69) is 14.7 Å². The van der Waals surface area contributed by atoms with Crippen molar-refractivity contribution in [1.29, 1.82) is 0 Å². The summed E-state index contributed by atoms with van der Waals surface area (Å²) in [6.07, 6.45) is 0. The van der Waals surface area contributed by atoms with Crippen molar-refractivity contribution < 1.29 is 18.0 Å². The van der Waals surface area contributed by atoms with Crippen molar-refractivity contribution in [2.24, 2.45) is 14.7 Å². The molecule has 0 radical (unpaired) electrons. The highest BCUT2D eigenvalue weighted by atomic mass is 32.2. The van der Waals surface area contributed by atoms with Crippen LogP contribution in [-0.2, 0) is 15.3 Å². The van der Waals surface area contributed by atoms with Crippen LogP contribution in [0.2, 0.25) is 0 Å². The number of hydrogen-bond donors (Lipinski definition) is 0. The largest absolute Gasteiger partial charge is 0.380 e. The zero-order valence-electron chi connectivity index (χ0n) is 5.54. The van der Waals surface area contributed by atoms with Crippen LogP contribution in [-0.4, -0.2) is 31.9 Å². The maximum Gasteiger partial charge on any atom is 0.380 e. The molecule has 0 spiro atoms. The highest BCUT2D eigenvalue weighted by molar-refractivity contribution is 7.62. The van der Waals surface area contributed by atoms with Gasteiger partial charge in [0.2, 0.25) is 0 Å². The first-order chi connectivity index (χ1) is 5.59. The van der Waals surface area contributed by atoms with Crippen LogP contribution < -0.4 is 0 Å². The van der Waals surface area contributed by atoms with Gasteiger partial charge in [-0.3, -0.25) is 4.79 Å². The van der Waals surface area contributed by atoms with Gasteiger partial charge in [-0.05, 0) is 0 Å². The molecule has 0 N–H and O–H groups in total. The molecule has 0 bridgehead atoms. The lowest BCUT2D eigenvalue weighted by atomic mass is 10.6. The number of amides is 3. The first kappa shape index (κ1) is 8.46. The molecule has 1 aliphatic rings. The molecule has 0 aromatic carbocycles. The number of urea groups is 1. The molecule has 3 amide bonds. The predicted molar refractivity (Wildman–Crippen MR) is 33.3 cm³/mol. The third-order valence-electron chi connectivity index (χ3n) is 0.923. The molecule has 0 unspecified atom stereocenters. The minimum absolute atomic E-state index is 0.362. The fourth-order valence-corrected chi connectivity index (χ4v) is 0.734. The van der Waals surface area contributed by atoms with Crippen molar-refractivity contribution in [3.63, 3.8) is 0 Å². The maximum atomic E-state index is 10.7. The lowest BCUT2D eigenvalue weighted by molar-refractivity contribution is -0.116. The molecule has 0 saturated carbocycles. The Bertz CT molecular complexity index is 373. The molecule has 0 fully saturated rings. The molecular formula is C3H2N4O4S. The zero-order valence-corrected chi connectivity index (χ0v) is 6.35. The summed E-state index contributed by atoms with van der Waals surface area (Å²) in [5.74, 6) is -0.616. The van der Waals surface area contributed by atoms with Gasteiger partial charge >= 0.3 is 16.5 Å². The maximum absolute atomic E-state index is 10.7. The number of nitrogens with zero attached hydrogens (tertiary/aromatic N) is 4. The van der Waals surface area contributed by atoms with E-state index >= 15 is 0 Å². The molecular weight excluding hydrogens is 188 g/mol. The van der Waals surface area contributed by atoms with Crippen molar-refractivity contribution in [3.8, 4) is 0 Å². The van der Waals surface area contributed by atoms with E-state index in [4.69, 9.17) is 0 Å². The Morgan fingerprint density at radius 3 is 2.67 bits per heavy atom. The molecule has 64 valence electrons. The van der Waals surface area contributed by atoms with Gasteiger partial charge in [-0.2, -0.15) is 13.4 Å². The molecule has 0 aromatic heterocycles. The minimum Gasteiger partial charge on any atom is -0.269 e. The lowest BCUT2D eigenvalue weighted by Gasteiger charge is -1.99. The van der Waals surface area contributed by atoms with Gasteiger partial charge in [0.15, 0.2) is 0 Å². The molecule has 12 heavy (non-hydrogen) atoms. The molecule has 0 aromatic rings. The Hall–Kier alpha value is -1.64. The second-order valence-corrected chi connectivity index (χ2v) is 2.35. The van der Waals surface area contributed by atoms with Gasteiger partial charge in [-0.25, -0.2) is 4.79 Å². The SMILES string of the molecule is O=C1CN(C(=O)N=S(=O)=O)N=N1. The van der Waals surface area contributed by atoms with Crippen LogP contribution in [0, 0.1) is 0 Å². The summed E-state index contributed by atoms with van der Waals surface area (Å²) < 4.78 is 22.3. The number of rotatable bonds is 0. The van der Waals surface area contributed by atoms with Gasteiger partial charge in [0, 0.05) is 0 Å². The van der Waals surface area contributed by atoms with Crippen LogP contribution in [0.3, 0.4) is 0 Å². The van der Waals surface area contributed by atoms with Crippen LogP contribution in [0.15, 0.2) is 14.7 Å². The predicted octanol–water partition coefficient (Wildman–Crippen LogP) is -0.621.